The Morgan fingerprint density at radius 1 is 1.16 bits per heavy atom. The monoisotopic (exact) mass is 344 g/mol. The van der Waals surface area contributed by atoms with E-state index in [9.17, 15) is 0 Å². The zero-order valence-corrected chi connectivity index (χ0v) is 15.9. The van der Waals surface area contributed by atoms with Crippen LogP contribution in [0.4, 0.5) is 5.69 Å². The number of benzene rings is 1. The van der Waals surface area contributed by atoms with Gasteiger partial charge in [-0.15, -0.1) is 0 Å². The molecule has 1 aromatic carbocycles. The molecular formula is C19H29BN2O3. The van der Waals surface area contributed by atoms with Crippen LogP contribution in [0.2, 0.25) is 0 Å². The van der Waals surface area contributed by atoms with Gasteiger partial charge in [0.25, 0.3) is 0 Å². The van der Waals surface area contributed by atoms with Gasteiger partial charge in [-0.1, -0.05) is 6.07 Å². The van der Waals surface area contributed by atoms with Gasteiger partial charge in [0.1, 0.15) is 6.23 Å². The van der Waals surface area contributed by atoms with Gasteiger partial charge >= 0.3 is 7.12 Å². The van der Waals surface area contributed by atoms with Crippen LogP contribution in [0.5, 0.6) is 0 Å². The van der Waals surface area contributed by atoms with Crippen molar-refractivity contribution >= 4 is 24.5 Å². The summed E-state index contributed by atoms with van der Waals surface area (Å²) >= 11 is 0. The van der Waals surface area contributed by atoms with E-state index in [-0.39, 0.29) is 17.4 Å². The molecule has 3 rings (SSSR count). The van der Waals surface area contributed by atoms with Crippen LogP contribution in [0, 0.1) is 12.3 Å². The zero-order valence-electron chi connectivity index (χ0n) is 15.9. The molecule has 0 spiro atoms. The Bertz CT molecular complexity index is 638. The van der Waals surface area contributed by atoms with Gasteiger partial charge in [-0.05, 0) is 71.0 Å². The van der Waals surface area contributed by atoms with Gasteiger partial charge in [-0.3, -0.25) is 0 Å². The van der Waals surface area contributed by atoms with Gasteiger partial charge in [0.2, 0.25) is 0 Å². The molecule has 2 aliphatic heterocycles. The average molecular weight is 344 g/mol. The zero-order chi connectivity index (χ0) is 18.2. The molecule has 2 aliphatic rings. The Morgan fingerprint density at radius 3 is 2.40 bits per heavy atom. The van der Waals surface area contributed by atoms with E-state index in [4.69, 9.17) is 19.5 Å². The molecule has 2 N–H and O–H groups in total. The number of anilines is 1. The van der Waals surface area contributed by atoms with Crippen molar-refractivity contribution in [3.05, 3.63) is 23.3 Å². The first-order chi connectivity index (χ1) is 11.7. The van der Waals surface area contributed by atoms with E-state index in [0.717, 1.165) is 41.7 Å². The molecule has 136 valence electrons. The maximum Gasteiger partial charge on any atom is 0.495 e. The number of aryl methyl sites for hydroxylation is 1. The lowest BCUT2D eigenvalue weighted by molar-refractivity contribution is 0.00578. The molecule has 5 nitrogen and oxygen atoms in total. The molecule has 0 amide bonds. The lowest BCUT2D eigenvalue weighted by Crippen LogP contribution is -2.41. The predicted molar refractivity (Wildman–Crippen MR) is 102 cm³/mol. The van der Waals surface area contributed by atoms with Crippen LogP contribution in [0.15, 0.2) is 12.1 Å². The van der Waals surface area contributed by atoms with Crippen molar-refractivity contribution in [2.75, 3.05) is 11.9 Å². The molecule has 2 saturated heterocycles. The van der Waals surface area contributed by atoms with Gasteiger partial charge < -0.3 is 24.8 Å². The highest BCUT2D eigenvalue weighted by Gasteiger charge is 2.52. The molecule has 25 heavy (non-hydrogen) atoms. The lowest BCUT2D eigenvalue weighted by atomic mass is 9.75. The average Bonchev–Trinajstić information content (AvgIpc) is 2.76. The highest BCUT2D eigenvalue weighted by Crippen LogP contribution is 2.37. The van der Waals surface area contributed by atoms with Crippen molar-refractivity contribution in [3.63, 3.8) is 0 Å². The fourth-order valence-corrected chi connectivity index (χ4v) is 3.24. The summed E-state index contributed by atoms with van der Waals surface area (Å²) in [4.78, 5) is 0. The van der Waals surface area contributed by atoms with Crippen molar-refractivity contribution in [3.8, 4) is 0 Å². The van der Waals surface area contributed by atoms with Crippen molar-refractivity contribution in [2.24, 2.45) is 0 Å². The molecule has 2 fully saturated rings. The molecule has 1 atom stereocenters. The summed E-state index contributed by atoms with van der Waals surface area (Å²) < 4.78 is 18.1. The summed E-state index contributed by atoms with van der Waals surface area (Å²) in [6, 6.07) is 4.06. The molecular weight excluding hydrogens is 315 g/mol. The Morgan fingerprint density at radius 2 is 1.84 bits per heavy atom. The van der Waals surface area contributed by atoms with E-state index in [1.165, 1.54) is 12.6 Å². The SMILES string of the molecule is Cc1cc(NC2CCCCO2)c(C=N)cc1B1OC(C)(C)C(C)(C)O1. The van der Waals surface area contributed by atoms with Gasteiger partial charge in [0, 0.05) is 24.1 Å². The molecule has 0 bridgehead atoms. The minimum Gasteiger partial charge on any atom is -0.399 e. The topological polar surface area (TPSA) is 63.6 Å². The Balaban J connectivity index is 1.86. The van der Waals surface area contributed by atoms with E-state index in [1.807, 2.05) is 6.07 Å². The van der Waals surface area contributed by atoms with E-state index in [1.54, 1.807) is 0 Å². The molecule has 0 aliphatic carbocycles. The molecule has 1 unspecified atom stereocenters. The van der Waals surface area contributed by atoms with Gasteiger partial charge in [-0.2, -0.15) is 0 Å². The van der Waals surface area contributed by atoms with Crippen molar-refractivity contribution in [1.82, 2.24) is 0 Å². The summed E-state index contributed by atoms with van der Waals surface area (Å²) in [6.07, 6.45) is 4.68. The normalized spacial score (nSPS) is 25.0. The maximum atomic E-state index is 7.81. The van der Waals surface area contributed by atoms with E-state index < -0.39 is 7.12 Å². The summed E-state index contributed by atoms with van der Waals surface area (Å²) in [5.41, 5.74) is 3.07. The number of nitrogens with one attached hydrogen (secondary N) is 2. The molecule has 1 aromatic rings. The number of hydrogen-bond acceptors (Lipinski definition) is 5. The Hall–Kier alpha value is -1.37. The number of ether oxygens (including phenoxy) is 1. The molecule has 6 heteroatoms. The first kappa shape index (κ1) is 18.4. The van der Waals surface area contributed by atoms with E-state index >= 15 is 0 Å². The third-order valence-electron chi connectivity index (χ3n) is 5.60. The quantitative estimate of drug-likeness (QED) is 0.650. The molecule has 2 heterocycles. The highest BCUT2D eigenvalue weighted by atomic mass is 16.7. The minimum atomic E-state index is -0.413. The van der Waals surface area contributed by atoms with Gasteiger partial charge in [-0.25, -0.2) is 0 Å². The van der Waals surface area contributed by atoms with Crippen LogP contribution < -0.4 is 10.8 Å². The van der Waals surface area contributed by atoms with E-state index in [0.29, 0.717) is 0 Å². The fraction of sp³-hybridized carbons (Fsp3) is 0.632. The van der Waals surface area contributed by atoms with Crippen molar-refractivity contribution in [1.29, 1.82) is 5.41 Å². The van der Waals surface area contributed by atoms with Crippen molar-refractivity contribution in [2.45, 2.75) is 71.3 Å². The second kappa shape index (κ2) is 6.74. The predicted octanol–water partition coefficient (Wildman–Crippen LogP) is 3.23. The summed E-state index contributed by atoms with van der Waals surface area (Å²) in [5, 5.41) is 11.2. The first-order valence-electron chi connectivity index (χ1n) is 9.12. The standard InChI is InChI=1S/C19H29BN2O3/c1-13-10-16(22-17-8-6-7-9-23-17)14(12-21)11-15(13)20-24-18(2,3)19(4,5)25-20/h10-12,17,21-22H,6-9H2,1-5H3. The largest absolute Gasteiger partial charge is 0.495 e. The Kier molecular flexibility index (Phi) is 4.97. The summed E-state index contributed by atoms with van der Waals surface area (Å²) in [5.74, 6) is 0. The lowest BCUT2D eigenvalue weighted by Gasteiger charge is -2.32. The van der Waals surface area contributed by atoms with Crippen LogP contribution in [0.3, 0.4) is 0 Å². The summed E-state index contributed by atoms with van der Waals surface area (Å²) in [7, 11) is -0.413. The van der Waals surface area contributed by atoms with Crippen LogP contribution in [-0.4, -0.2) is 37.4 Å². The molecule has 0 radical (unpaired) electrons. The van der Waals surface area contributed by atoms with Crippen molar-refractivity contribution < 1.29 is 14.0 Å². The van der Waals surface area contributed by atoms with Gasteiger partial charge in [0.15, 0.2) is 0 Å². The minimum absolute atomic E-state index is 0.0227. The van der Waals surface area contributed by atoms with Crippen LogP contribution in [0.25, 0.3) is 0 Å². The number of hydrogen-bond donors (Lipinski definition) is 2. The van der Waals surface area contributed by atoms with Gasteiger partial charge in [0.05, 0.1) is 11.2 Å². The smallest absolute Gasteiger partial charge is 0.399 e. The molecule has 0 aromatic heterocycles. The number of rotatable bonds is 4. The third-order valence-corrected chi connectivity index (χ3v) is 5.60. The van der Waals surface area contributed by atoms with E-state index in [2.05, 4.69) is 46.0 Å². The highest BCUT2D eigenvalue weighted by molar-refractivity contribution is 6.62. The van der Waals surface area contributed by atoms with Crippen LogP contribution in [0.1, 0.15) is 58.1 Å². The second-order valence-electron chi connectivity index (χ2n) is 8.03. The Labute approximate surface area is 151 Å². The summed E-state index contributed by atoms with van der Waals surface area (Å²) in [6.45, 7) is 11.1. The van der Waals surface area contributed by atoms with Crippen LogP contribution in [-0.2, 0) is 14.0 Å². The van der Waals surface area contributed by atoms with Crippen LogP contribution >= 0.6 is 0 Å². The third kappa shape index (κ3) is 3.61. The first-order valence-corrected chi connectivity index (χ1v) is 9.12. The maximum absolute atomic E-state index is 7.81. The fourth-order valence-electron chi connectivity index (χ4n) is 3.24. The second-order valence-corrected chi connectivity index (χ2v) is 8.03. The molecule has 0 saturated carbocycles.